The van der Waals surface area contributed by atoms with E-state index in [-0.39, 0.29) is 11.5 Å². The number of hydrogen-bond acceptors (Lipinski definition) is 12. The molecule has 2 aliphatic rings. The van der Waals surface area contributed by atoms with Crippen molar-refractivity contribution >= 4 is 12.2 Å². The van der Waals surface area contributed by atoms with Gasteiger partial charge in [-0.1, -0.05) is 24.3 Å². The Labute approximate surface area is 224 Å². The fourth-order valence-corrected chi connectivity index (χ4v) is 4.28. The van der Waals surface area contributed by atoms with Gasteiger partial charge in [-0.2, -0.15) is 0 Å². The van der Waals surface area contributed by atoms with Crippen LogP contribution in [-0.4, -0.2) is 111 Å². The van der Waals surface area contributed by atoms with Crippen LogP contribution in [0.2, 0.25) is 0 Å². The van der Waals surface area contributed by atoms with Gasteiger partial charge in [-0.25, -0.2) is 0 Å². The van der Waals surface area contributed by atoms with Crippen molar-refractivity contribution in [2.75, 3.05) is 13.7 Å². The van der Waals surface area contributed by atoms with Crippen molar-refractivity contribution in [2.24, 2.45) is 0 Å². The quantitative estimate of drug-likeness (QED) is 0.211. The van der Waals surface area contributed by atoms with E-state index in [0.29, 0.717) is 11.3 Å². The van der Waals surface area contributed by atoms with E-state index in [1.807, 2.05) is 6.08 Å². The standard InChI is InChI=1S/C27H34O12/c1-13-20(29)22(31)24(33)26(37-13)36-12-19-21(30)23(32)25(34)27(39-19)38-18-10-15(9-17(11-18)35-2)4-3-14-5-7-16(28)8-6-14/h3-11,13,19-34H,12H2,1-2H3/b4-3+/t13-,19+,20-,21+,22+,23-,24+,25+,26+,27+/m0/s1. The van der Waals surface area contributed by atoms with E-state index < -0.39 is 68.0 Å². The highest BCUT2D eigenvalue weighted by Gasteiger charge is 2.47. The average Bonchev–Trinajstić information content (AvgIpc) is 2.93. The van der Waals surface area contributed by atoms with Crippen LogP contribution < -0.4 is 9.47 Å². The number of benzene rings is 2. The maximum Gasteiger partial charge on any atom is 0.229 e. The lowest BCUT2D eigenvalue weighted by Gasteiger charge is -2.42. The van der Waals surface area contributed by atoms with Gasteiger partial charge in [0.15, 0.2) is 6.29 Å². The van der Waals surface area contributed by atoms with E-state index in [2.05, 4.69) is 0 Å². The van der Waals surface area contributed by atoms with Crippen LogP contribution in [-0.2, 0) is 14.2 Å². The predicted molar refractivity (Wildman–Crippen MR) is 136 cm³/mol. The van der Waals surface area contributed by atoms with E-state index >= 15 is 0 Å². The van der Waals surface area contributed by atoms with Crippen LogP contribution in [0.1, 0.15) is 18.1 Å². The summed E-state index contributed by atoms with van der Waals surface area (Å²) in [7, 11) is 1.48. The molecule has 0 aromatic heterocycles. The van der Waals surface area contributed by atoms with E-state index in [1.165, 1.54) is 14.0 Å². The van der Waals surface area contributed by atoms with Gasteiger partial charge >= 0.3 is 0 Å². The van der Waals surface area contributed by atoms with Crippen molar-refractivity contribution in [1.82, 2.24) is 0 Å². The zero-order chi connectivity index (χ0) is 28.3. The summed E-state index contributed by atoms with van der Waals surface area (Å²) in [5.74, 6) is 0.838. The fourth-order valence-electron chi connectivity index (χ4n) is 4.28. The Balaban J connectivity index is 1.45. The number of aliphatic hydroxyl groups is 6. The third-order valence-corrected chi connectivity index (χ3v) is 6.65. The number of hydrogen-bond donors (Lipinski definition) is 7. The van der Waals surface area contributed by atoms with Gasteiger partial charge < -0.3 is 59.4 Å². The monoisotopic (exact) mass is 550 g/mol. The summed E-state index contributed by atoms with van der Waals surface area (Å²) in [6.07, 6.45) is -10.4. The van der Waals surface area contributed by atoms with Crippen LogP contribution in [0.15, 0.2) is 42.5 Å². The molecule has 2 heterocycles. The molecule has 2 aliphatic heterocycles. The minimum atomic E-state index is -1.65. The van der Waals surface area contributed by atoms with Crippen LogP contribution in [0.3, 0.4) is 0 Å². The van der Waals surface area contributed by atoms with Crippen molar-refractivity contribution in [2.45, 2.75) is 68.3 Å². The van der Waals surface area contributed by atoms with Crippen LogP contribution >= 0.6 is 0 Å². The lowest BCUT2D eigenvalue weighted by Crippen LogP contribution is -2.61. The molecule has 0 aliphatic carbocycles. The first-order chi connectivity index (χ1) is 18.6. The largest absolute Gasteiger partial charge is 0.508 e. The van der Waals surface area contributed by atoms with Gasteiger partial charge in [0.1, 0.15) is 60.0 Å². The van der Waals surface area contributed by atoms with E-state index in [9.17, 15) is 35.7 Å². The Kier molecular flexibility index (Phi) is 9.43. The second kappa shape index (κ2) is 12.6. The summed E-state index contributed by atoms with van der Waals surface area (Å²) in [5, 5.41) is 70.8. The number of methoxy groups -OCH3 is 1. The number of aromatic hydroxyl groups is 1. The van der Waals surface area contributed by atoms with Crippen molar-refractivity contribution in [3.63, 3.8) is 0 Å². The van der Waals surface area contributed by atoms with E-state index in [0.717, 1.165) is 5.56 Å². The molecule has 2 aromatic carbocycles. The Morgan fingerprint density at radius 3 is 2.03 bits per heavy atom. The van der Waals surface area contributed by atoms with Crippen molar-refractivity contribution in [1.29, 1.82) is 0 Å². The maximum atomic E-state index is 10.5. The minimum Gasteiger partial charge on any atom is -0.508 e. The summed E-state index contributed by atoms with van der Waals surface area (Å²) < 4.78 is 27.7. The Morgan fingerprint density at radius 2 is 1.33 bits per heavy atom. The van der Waals surface area contributed by atoms with Crippen molar-refractivity contribution in [3.05, 3.63) is 53.6 Å². The number of ether oxygens (including phenoxy) is 5. The van der Waals surface area contributed by atoms with Gasteiger partial charge in [-0.3, -0.25) is 0 Å². The third kappa shape index (κ3) is 6.87. The first kappa shape index (κ1) is 29.2. The van der Waals surface area contributed by atoms with Gasteiger partial charge in [0.05, 0.1) is 19.8 Å². The van der Waals surface area contributed by atoms with Gasteiger partial charge in [0.2, 0.25) is 6.29 Å². The smallest absolute Gasteiger partial charge is 0.229 e. The molecule has 2 aromatic rings. The van der Waals surface area contributed by atoms with E-state index in [1.54, 1.807) is 48.5 Å². The Bertz CT molecular complexity index is 1110. The number of phenolic OH excluding ortho intramolecular Hbond substituents is 1. The fraction of sp³-hybridized carbons (Fsp3) is 0.481. The minimum absolute atomic E-state index is 0.152. The highest BCUT2D eigenvalue weighted by Crippen LogP contribution is 2.30. The van der Waals surface area contributed by atoms with E-state index in [4.69, 9.17) is 23.7 Å². The molecule has 2 fully saturated rings. The summed E-state index contributed by atoms with van der Waals surface area (Å²) in [4.78, 5) is 0. The second-order valence-corrected chi connectivity index (χ2v) is 9.51. The molecule has 0 radical (unpaired) electrons. The molecule has 214 valence electrons. The Hall–Kier alpha value is -2.78. The zero-order valence-electron chi connectivity index (χ0n) is 21.3. The molecular weight excluding hydrogens is 516 g/mol. The summed E-state index contributed by atoms with van der Waals surface area (Å²) in [6.45, 7) is 1.09. The number of rotatable bonds is 8. The zero-order valence-corrected chi connectivity index (χ0v) is 21.3. The maximum absolute atomic E-state index is 10.5. The molecule has 12 nitrogen and oxygen atoms in total. The van der Waals surface area contributed by atoms with Crippen LogP contribution in [0.5, 0.6) is 17.2 Å². The highest BCUT2D eigenvalue weighted by molar-refractivity contribution is 5.71. The number of aliphatic hydroxyl groups excluding tert-OH is 6. The molecule has 7 N–H and O–H groups in total. The summed E-state index contributed by atoms with van der Waals surface area (Å²) >= 11 is 0. The molecular formula is C27H34O12. The topological polar surface area (TPSA) is 188 Å². The lowest BCUT2D eigenvalue weighted by atomic mass is 9.98. The predicted octanol–water partition coefficient (Wildman–Crippen LogP) is -0.398. The number of phenols is 1. The van der Waals surface area contributed by atoms with Gasteiger partial charge in [-0.05, 0) is 42.3 Å². The van der Waals surface area contributed by atoms with Gasteiger partial charge in [0.25, 0.3) is 0 Å². The molecule has 12 heteroatoms. The first-order valence-corrected chi connectivity index (χ1v) is 12.4. The van der Waals surface area contributed by atoms with Crippen LogP contribution in [0, 0.1) is 0 Å². The highest BCUT2D eigenvalue weighted by atomic mass is 16.7. The van der Waals surface area contributed by atoms with Crippen molar-refractivity contribution < 1.29 is 59.4 Å². The molecule has 0 unspecified atom stereocenters. The molecule has 39 heavy (non-hydrogen) atoms. The summed E-state index contributed by atoms with van der Waals surface area (Å²) in [6, 6.07) is 11.6. The van der Waals surface area contributed by atoms with Crippen molar-refractivity contribution in [3.8, 4) is 17.2 Å². The Morgan fingerprint density at radius 1 is 0.718 bits per heavy atom. The normalized spacial score (nSPS) is 35.2. The first-order valence-electron chi connectivity index (χ1n) is 12.4. The SMILES string of the molecule is COc1cc(/C=C/c2ccc(O)cc2)cc(O[C@@H]2O[C@H](CO[C@@H]3O[C@@H](C)[C@H](O)[C@@H](O)[C@H]3O)[C@@H](O)[C@H](O)[C@H]2O)c1. The lowest BCUT2D eigenvalue weighted by molar-refractivity contribution is -0.318. The van der Waals surface area contributed by atoms with Gasteiger partial charge in [-0.15, -0.1) is 0 Å². The molecule has 0 spiro atoms. The second-order valence-electron chi connectivity index (χ2n) is 9.51. The molecule has 0 bridgehead atoms. The molecule has 0 saturated carbocycles. The van der Waals surface area contributed by atoms with Gasteiger partial charge in [0, 0.05) is 6.07 Å². The molecule has 2 saturated heterocycles. The van der Waals surface area contributed by atoms with Crippen LogP contribution in [0.4, 0.5) is 0 Å². The third-order valence-electron chi connectivity index (χ3n) is 6.65. The molecule has 10 atom stereocenters. The average molecular weight is 551 g/mol. The van der Waals surface area contributed by atoms with Crippen LogP contribution in [0.25, 0.3) is 12.2 Å². The molecule has 4 rings (SSSR count). The molecule has 0 amide bonds. The summed E-state index contributed by atoms with van der Waals surface area (Å²) in [5.41, 5.74) is 1.52.